The second-order valence-electron chi connectivity index (χ2n) is 18.9. The van der Waals surface area contributed by atoms with Gasteiger partial charge in [-0.05, 0) is 95.4 Å². The minimum atomic E-state index is -1.24. The van der Waals surface area contributed by atoms with Crippen LogP contribution in [0.1, 0.15) is 98.7 Å². The lowest BCUT2D eigenvalue weighted by Crippen LogP contribution is -2.41. The first-order valence-corrected chi connectivity index (χ1v) is 26.5. The number of halogens is 2. The van der Waals surface area contributed by atoms with Crippen LogP contribution in [0.3, 0.4) is 0 Å². The van der Waals surface area contributed by atoms with Gasteiger partial charge < -0.3 is 29.7 Å². The van der Waals surface area contributed by atoms with Crippen LogP contribution in [0.25, 0.3) is 27.2 Å². The van der Waals surface area contributed by atoms with Gasteiger partial charge in [-0.1, -0.05) is 139 Å². The summed E-state index contributed by atoms with van der Waals surface area (Å²) in [6.07, 6.45) is 0.274. The van der Waals surface area contributed by atoms with Gasteiger partial charge in [0, 0.05) is 67.1 Å². The maximum absolute atomic E-state index is 14.1. The molecule has 2 atom stereocenters. The molecule has 1 aliphatic rings. The molecule has 2 N–H and O–H groups in total. The Bertz CT molecular complexity index is 3140. The maximum atomic E-state index is 14.1. The van der Waals surface area contributed by atoms with Gasteiger partial charge in [0.25, 0.3) is 12.5 Å². The molecule has 0 spiro atoms. The standard InChI is InChI=1S/C33H34FN3O3.C26H24FNO3.C4H5NO.C2H6/c1-23(2)31-30(33(39)35-27-11-7-4-8-12-27)29(24-9-5-3-6-10-24)32(25-13-15-26(34)16-14-25)37(31)18-17-28(38)36-19-21-40-22-20-36;1-17(2)24(29)23(26(31)28-21-11-7-4-8-12-21)22(18-9-5-3-6-10-18)25(30)19-13-15-20(27)16-14-19;1-4(6)3-5-2;1-2/h3-16,23H,17-22H2,1-2H3,(H,35,39);3-17,22-23H,1-2H3,(H,28,31);3H2,1H3;1-2H3. The lowest BCUT2D eigenvalue weighted by Gasteiger charge is -2.27. The zero-order valence-electron chi connectivity index (χ0n) is 45.9. The highest BCUT2D eigenvalue weighted by molar-refractivity contribution is 6.15. The number of para-hydroxylation sites is 2. The SMILES string of the molecule is CC.CC(C)C(=O)C(C(=O)Nc1ccccc1)C(C(=O)c1ccc(F)cc1)c1ccccc1.CC(C)c1c(C(=O)Nc2ccccc2)c(-c2ccccc2)c(-c2ccc(F)cc2)n1CCC(=O)N1CCOCC1.[C-]#[N+]CC(C)=O. The average Bonchev–Trinajstić information content (AvgIpc) is 3.82. The van der Waals surface area contributed by atoms with E-state index in [9.17, 15) is 37.5 Å². The van der Waals surface area contributed by atoms with Crippen LogP contribution < -0.4 is 10.6 Å². The Morgan fingerprint density at radius 2 is 1.14 bits per heavy atom. The quantitative estimate of drug-likeness (QED) is 0.0524. The smallest absolute Gasteiger partial charge is 0.271 e. The van der Waals surface area contributed by atoms with Crippen molar-refractivity contribution in [1.82, 2.24) is 9.47 Å². The number of hydrogen-bond donors (Lipinski definition) is 2. The van der Waals surface area contributed by atoms with Gasteiger partial charge in [0.2, 0.25) is 17.6 Å². The number of carbonyl (C=O) groups is 6. The van der Waals surface area contributed by atoms with Gasteiger partial charge in [0.05, 0.1) is 30.4 Å². The number of amides is 3. The van der Waals surface area contributed by atoms with Crippen LogP contribution in [0.2, 0.25) is 0 Å². The average molecular weight is 1070 g/mol. The highest BCUT2D eigenvalue weighted by atomic mass is 19.1. The topological polar surface area (TPSA) is 148 Å². The molecule has 3 amide bonds. The molecule has 12 nitrogen and oxygen atoms in total. The molecule has 2 unspecified atom stereocenters. The summed E-state index contributed by atoms with van der Waals surface area (Å²) in [7, 11) is 0. The molecule has 410 valence electrons. The molecule has 0 saturated carbocycles. The number of carbonyl (C=O) groups excluding carboxylic acids is 6. The van der Waals surface area contributed by atoms with E-state index in [4.69, 9.17) is 11.3 Å². The fourth-order valence-electron chi connectivity index (χ4n) is 8.99. The zero-order valence-corrected chi connectivity index (χ0v) is 45.9. The summed E-state index contributed by atoms with van der Waals surface area (Å²) in [5.41, 5.74) is 6.63. The molecule has 6 aromatic carbocycles. The zero-order chi connectivity index (χ0) is 57.4. The summed E-state index contributed by atoms with van der Waals surface area (Å²) in [5, 5.41) is 5.85. The van der Waals surface area contributed by atoms with Crippen molar-refractivity contribution in [2.24, 2.45) is 11.8 Å². The molecule has 0 radical (unpaired) electrons. The summed E-state index contributed by atoms with van der Waals surface area (Å²) >= 11 is 0. The first-order valence-electron chi connectivity index (χ1n) is 26.5. The van der Waals surface area contributed by atoms with Gasteiger partial charge >= 0.3 is 0 Å². The lowest BCUT2D eigenvalue weighted by atomic mass is 9.75. The van der Waals surface area contributed by atoms with Crippen molar-refractivity contribution >= 4 is 46.4 Å². The largest absolute Gasteiger partial charge is 0.378 e. The highest BCUT2D eigenvalue weighted by Gasteiger charge is 2.41. The molecule has 1 saturated heterocycles. The van der Waals surface area contributed by atoms with E-state index in [2.05, 4.69) is 33.9 Å². The van der Waals surface area contributed by atoms with E-state index in [0.717, 1.165) is 28.1 Å². The molecule has 2 heterocycles. The minimum Gasteiger partial charge on any atom is -0.378 e. The van der Waals surface area contributed by atoms with Crippen molar-refractivity contribution in [1.29, 1.82) is 0 Å². The van der Waals surface area contributed by atoms with Crippen molar-refractivity contribution in [2.75, 3.05) is 43.5 Å². The maximum Gasteiger partial charge on any atom is 0.271 e. The molecule has 1 aliphatic heterocycles. The van der Waals surface area contributed by atoms with Crippen molar-refractivity contribution in [3.05, 3.63) is 215 Å². The summed E-state index contributed by atoms with van der Waals surface area (Å²) in [5.74, 6) is -5.11. The van der Waals surface area contributed by atoms with Gasteiger partial charge in [0.15, 0.2) is 5.78 Å². The minimum absolute atomic E-state index is 0.0278. The lowest BCUT2D eigenvalue weighted by molar-refractivity contribution is -0.135. The van der Waals surface area contributed by atoms with E-state index < -0.39 is 35.3 Å². The Morgan fingerprint density at radius 3 is 1.62 bits per heavy atom. The number of nitrogens with zero attached hydrogens (tertiary/aromatic N) is 3. The van der Waals surface area contributed by atoms with Gasteiger partial charge in [-0.2, -0.15) is 0 Å². The summed E-state index contributed by atoms with van der Waals surface area (Å²) in [6, 6.07) is 48.2. The molecule has 7 aromatic rings. The molecule has 79 heavy (non-hydrogen) atoms. The molecule has 8 rings (SSSR count). The summed E-state index contributed by atoms with van der Waals surface area (Å²) in [4.78, 5) is 81.9. The van der Waals surface area contributed by atoms with E-state index >= 15 is 0 Å². The van der Waals surface area contributed by atoms with Gasteiger partial charge in [-0.25, -0.2) is 15.4 Å². The van der Waals surface area contributed by atoms with Gasteiger partial charge in [-0.3, -0.25) is 28.8 Å². The molecule has 0 aliphatic carbocycles. The first kappa shape index (κ1) is 61.2. The number of aromatic nitrogens is 1. The van der Waals surface area contributed by atoms with E-state index in [1.165, 1.54) is 43.3 Å². The predicted molar refractivity (Wildman–Crippen MR) is 308 cm³/mol. The molecule has 1 aromatic heterocycles. The molecule has 0 bridgehead atoms. The second kappa shape index (κ2) is 30.9. The summed E-state index contributed by atoms with van der Waals surface area (Å²) in [6.45, 7) is 21.7. The number of morpholine rings is 1. The first-order chi connectivity index (χ1) is 38.1. The third-order valence-corrected chi connectivity index (χ3v) is 12.6. The summed E-state index contributed by atoms with van der Waals surface area (Å²) < 4.78 is 35.0. The van der Waals surface area contributed by atoms with E-state index in [1.54, 1.807) is 80.6 Å². The Balaban J connectivity index is 0.000000262. The Kier molecular flexibility index (Phi) is 23.9. The number of hydrogen-bond acceptors (Lipinski definition) is 7. The van der Waals surface area contributed by atoms with Gasteiger partial charge in [0.1, 0.15) is 23.3 Å². The van der Waals surface area contributed by atoms with Crippen molar-refractivity contribution in [3.63, 3.8) is 0 Å². The third-order valence-electron chi connectivity index (χ3n) is 12.6. The van der Waals surface area contributed by atoms with E-state index in [-0.39, 0.29) is 53.6 Å². The fourth-order valence-corrected chi connectivity index (χ4v) is 8.99. The van der Waals surface area contributed by atoms with Crippen LogP contribution in [-0.2, 0) is 30.5 Å². The normalized spacial score (nSPS) is 12.4. The fraction of sp³-hybridized carbons (Fsp3) is 0.277. The Labute approximate surface area is 462 Å². The van der Waals surface area contributed by atoms with E-state index in [1.807, 2.05) is 85.5 Å². The van der Waals surface area contributed by atoms with Crippen LogP contribution in [0.15, 0.2) is 170 Å². The number of ether oxygens (including phenoxy) is 1. The number of anilines is 2. The van der Waals surface area contributed by atoms with Crippen LogP contribution in [0.5, 0.6) is 0 Å². The Morgan fingerprint density at radius 1 is 0.646 bits per heavy atom. The predicted octanol–water partition coefficient (Wildman–Crippen LogP) is 13.4. The van der Waals surface area contributed by atoms with Crippen LogP contribution >= 0.6 is 0 Å². The van der Waals surface area contributed by atoms with Crippen molar-refractivity contribution in [3.8, 4) is 22.4 Å². The molecular formula is C65H69F2N5O7. The third kappa shape index (κ3) is 17.2. The molecular weight excluding hydrogens is 1000 g/mol. The second-order valence-corrected chi connectivity index (χ2v) is 18.9. The number of ketones is 3. The van der Waals surface area contributed by atoms with Crippen LogP contribution in [0.4, 0.5) is 20.2 Å². The number of rotatable bonds is 17. The monoisotopic (exact) mass is 1070 g/mol. The van der Waals surface area contributed by atoms with Crippen molar-refractivity contribution in [2.45, 2.75) is 73.3 Å². The Hall–Kier alpha value is -8.67. The number of Topliss-reactive ketones (excluding diaryl/α,β-unsaturated/α-hetero) is 3. The van der Waals surface area contributed by atoms with E-state index in [0.29, 0.717) is 55.3 Å². The molecule has 14 heteroatoms. The van der Waals surface area contributed by atoms with Crippen LogP contribution in [0, 0.1) is 30.0 Å². The number of benzene rings is 6. The van der Waals surface area contributed by atoms with Gasteiger partial charge in [-0.15, -0.1) is 0 Å². The number of nitrogens with one attached hydrogen (secondary N) is 2. The highest BCUT2D eigenvalue weighted by Crippen LogP contribution is 2.43. The van der Waals surface area contributed by atoms with Crippen LogP contribution in [-0.4, -0.2) is 77.4 Å². The van der Waals surface area contributed by atoms with Crippen molar-refractivity contribution < 1.29 is 42.3 Å². The molecule has 1 fully saturated rings.